The molecule has 0 bridgehead atoms. The van der Waals surface area contributed by atoms with E-state index in [1.165, 1.54) is 0 Å². The van der Waals surface area contributed by atoms with Crippen molar-refractivity contribution in [2.75, 3.05) is 6.61 Å². The number of nitrogens with zero attached hydrogens (tertiary/aromatic N) is 1. The molecule has 0 spiro atoms. The highest BCUT2D eigenvalue weighted by molar-refractivity contribution is 5.89. The Morgan fingerprint density at radius 2 is 1.88 bits per heavy atom. The minimum absolute atomic E-state index is 0.0772. The van der Waals surface area contributed by atoms with Crippen LogP contribution in [-0.4, -0.2) is 18.7 Å². The van der Waals surface area contributed by atoms with Gasteiger partial charge in [-0.2, -0.15) is 5.26 Å². The van der Waals surface area contributed by atoms with Crippen molar-refractivity contribution in [3.05, 3.63) is 29.8 Å². The molecule has 0 atom stereocenters. The fourth-order valence-corrected chi connectivity index (χ4v) is 3.32. The topological polar surface area (TPSA) is 59.3 Å². The Labute approximate surface area is 151 Å². The van der Waals surface area contributed by atoms with Crippen molar-refractivity contribution in [3.8, 4) is 11.8 Å². The number of hydrogen-bond acceptors (Lipinski definition) is 4. The summed E-state index contributed by atoms with van der Waals surface area (Å²) in [5, 5.41) is 9.53. The van der Waals surface area contributed by atoms with E-state index < -0.39 is 0 Å². The van der Waals surface area contributed by atoms with Crippen molar-refractivity contribution in [2.24, 2.45) is 5.41 Å². The molecule has 0 radical (unpaired) electrons. The van der Waals surface area contributed by atoms with E-state index in [1.54, 1.807) is 24.3 Å². The summed E-state index contributed by atoms with van der Waals surface area (Å²) in [5.74, 6) is 0.482. The molecule has 1 aromatic rings. The maximum absolute atomic E-state index is 12.3. The molecule has 1 fully saturated rings. The zero-order valence-corrected chi connectivity index (χ0v) is 15.4. The Hall–Kier alpha value is -2.02. The van der Waals surface area contributed by atoms with E-state index in [-0.39, 0.29) is 17.5 Å². The number of carbonyl (C=O) groups is 1. The number of ether oxygens (including phenoxy) is 2. The number of hydrogen-bond donors (Lipinski definition) is 0. The summed E-state index contributed by atoms with van der Waals surface area (Å²) in [5.41, 5.74) is 0.337. The van der Waals surface area contributed by atoms with Crippen molar-refractivity contribution < 1.29 is 14.3 Å². The van der Waals surface area contributed by atoms with E-state index in [2.05, 4.69) is 19.9 Å². The van der Waals surface area contributed by atoms with Gasteiger partial charge in [-0.15, -0.1) is 0 Å². The molecule has 25 heavy (non-hydrogen) atoms. The van der Waals surface area contributed by atoms with Crippen molar-refractivity contribution >= 4 is 5.97 Å². The molecule has 1 aromatic carbocycles. The van der Waals surface area contributed by atoms with Crippen LogP contribution in [0.2, 0.25) is 0 Å². The van der Waals surface area contributed by atoms with Crippen LogP contribution in [0, 0.1) is 16.7 Å². The van der Waals surface area contributed by atoms with Crippen LogP contribution < -0.4 is 4.74 Å². The maximum Gasteiger partial charge on any atom is 0.338 e. The first kappa shape index (κ1) is 19.3. The van der Waals surface area contributed by atoms with Crippen molar-refractivity contribution in [1.82, 2.24) is 0 Å². The molecule has 1 aliphatic rings. The first-order valence-corrected chi connectivity index (χ1v) is 9.47. The summed E-state index contributed by atoms with van der Waals surface area (Å²) in [4.78, 5) is 12.3. The molecule has 0 heterocycles. The highest BCUT2D eigenvalue weighted by atomic mass is 16.5. The maximum atomic E-state index is 12.3. The quantitative estimate of drug-likeness (QED) is 0.603. The second-order valence-electron chi connectivity index (χ2n) is 6.97. The SMILES string of the molecule is CCCCC1(C#N)CCC(OC(=O)c2ccc(OCCC)cc2)CC1. The van der Waals surface area contributed by atoms with E-state index in [0.717, 1.165) is 57.1 Å². The summed E-state index contributed by atoms with van der Waals surface area (Å²) in [6, 6.07) is 9.63. The van der Waals surface area contributed by atoms with Crippen LogP contribution in [0.25, 0.3) is 0 Å². The van der Waals surface area contributed by atoms with Crippen LogP contribution in [0.1, 0.15) is 75.6 Å². The molecule has 0 N–H and O–H groups in total. The average Bonchev–Trinajstić information content (AvgIpc) is 2.66. The van der Waals surface area contributed by atoms with Gasteiger partial charge >= 0.3 is 5.97 Å². The van der Waals surface area contributed by atoms with Gasteiger partial charge in [0.15, 0.2) is 0 Å². The normalized spacial score (nSPS) is 22.8. The molecule has 0 unspecified atom stereocenters. The number of nitriles is 1. The van der Waals surface area contributed by atoms with Gasteiger partial charge in [-0.25, -0.2) is 4.79 Å². The third-order valence-corrected chi connectivity index (χ3v) is 4.97. The van der Waals surface area contributed by atoms with Crippen molar-refractivity contribution in [3.63, 3.8) is 0 Å². The molecule has 0 aromatic heterocycles. The van der Waals surface area contributed by atoms with Crippen molar-refractivity contribution in [2.45, 2.75) is 71.3 Å². The molecule has 136 valence electrons. The van der Waals surface area contributed by atoms with Crippen LogP contribution in [0.3, 0.4) is 0 Å². The smallest absolute Gasteiger partial charge is 0.338 e. The van der Waals surface area contributed by atoms with Gasteiger partial charge < -0.3 is 9.47 Å². The van der Waals surface area contributed by atoms with Crippen LogP contribution >= 0.6 is 0 Å². The Morgan fingerprint density at radius 1 is 1.20 bits per heavy atom. The van der Waals surface area contributed by atoms with E-state index in [9.17, 15) is 10.1 Å². The first-order chi connectivity index (χ1) is 12.1. The third kappa shape index (κ3) is 5.49. The van der Waals surface area contributed by atoms with Gasteiger partial charge in [-0.1, -0.05) is 26.7 Å². The molecule has 1 saturated carbocycles. The number of benzene rings is 1. The summed E-state index contributed by atoms with van der Waals surface area (Å²) in [6.45, 7) is 4.88. The Morgan fingerprint density at radius 3 is 2.44 bits per heavy atom. The highest BCUT2D eigenvalue weighted by Crippen LogP contribution is 2.41. The van der Waals surface area contributed by atoms with Crippen LogP contribution in [0.15, 0.2) is 24.3 Å². The minimum Gasteiger partial charge on any atom is -0.494 e. The molecular weight excluding hydrogens is 314 g/mol. The standard InChI is InChI=1S/C21H29NO3/c1-3-5-12-21(16-22)13-10-19(11-14-21)25-20(23)17-6-8-18(9-7-17)24-15-4-2/h6-9,19H,3-5,10-15H2,1-2H3. The fraction of sp³-hybridized carbons (Fsp3) is 0.619. The average molecular weight is 343 g/mol. The molecular formula is C21H29NO3. The van der Waals surface area contributed by atoms with Crippen molar-refractivity contribution in [1.29, 1.82) is 5.26 Å². The second kappa shape index (κ2) is 9.46. The van der Waals surface area contributed by atoms with Gasteiger partial charge in [0.05, 0.1) is 23.7 Å². The summed E-state index contributed by atoms with van der Waals surface area (Å²) in [6.07, 6.45) is 7.24. The summed E-state index contributed by atoms with van der Waals surface area (Å²) in [7, 11) is 0. The lowest BCUT2D eigenvalue weighted by Gasteiger charge is -2.34. The summed E-state index contributed by atoms with van der Waals surface area (Å²) < 4.78 is 11.2. The number of unbranched alkanes of at least 4 members (excludes halogenated alkanes) is 1. The largest absolute Gasteiger partial charge is 0.494 e. The Bertz CT molecular complexity index is 580. The predicted molar refractivity (Wildman–Crippen MR) is 97.5 cm³/mol. The molecule has 4 nitrogen and oxygen atoms in total. The van der Waals surface area contributed by atoms with E-state index in [4.69, 9.17) is 9.47 Å². The molecule has 0 aliphatic heterocycles. The van der Waals surface area contributed by atoms with Crippen LogP contribution in [0.5, 0.6) is 5.75 Å². The summed E-state index contributed by atoms with van der Waals surface area (Å²) >= 11 is 0. The second-order valence-corrected chi connectivity index (χ2v) is 6.97. The highest BCUT2D eigenvalue weighted by Gasteiger charge is 2.36. The lowest BCUT2D eigenvalue weighted by Crippen LogP contribution is -2.31. The van der Waals surface area contributed by atoms with E-state index >= 15 is 0 Å². The zero-order chi connectivity index (χ0) is 18.1. The Balaban J connectivity index is 1.84. The molecule has 4 heteroatoms. The monoisotopic (exact) mass is 343 g/mol. The third-order valence-electron chi connectivity index (χ3n) is 4.97. The predicted octanol–water partition coefficient (Wildman–Crippen LogP) is 5.27. The van der Waals surface area contributed by atoms with Gasteiger partial charge in [-0.3, -0.25) is 0 Å². The van der Waals surface area contributed by atoms with E-state index in [1.807, 2.05) is 0 Å². The van der Waals surface area contributed by atoms with Gasteiger partial charge in [0.1, 0.15) is 11.9 Å². The molecule has 0 saturated heterocycles. The van der Waals surface area contributed by atoms with Gasteiger partial charge in [0, 0.05) is 0 Å². The van der Waals surface area contributed by atoms with Gasteiger partial charge in [-0.05, 0) is 62.8 Å². The first-order valence-electron chi connectivity index (χ1n) is 9.47. The lowest BCUT2D eigenvalue weighted by atomic mass is 9.71. The van der Waals surface area contributed by atoms with E-state index in [0.29, 0.717) is 12.2 Å². The number of carbonyl (C=O) groups excluding carboxylic acids is 1. The van der Waals surface area contributed by atoms with Crippen LogP contribution in [0.4, 0.5) is 0 Å². The molecule has 1 aliphatic carbocycles. The number of rotatable bonds is 8. The molecule has 2 rings (SSSR count). The van der Waals surface area contributed by atoms with Gasteiger partial charge in [0.2, 0.25) is 0 Å². The van der Waals surface area contributed by atoms with Crippen LogP contribution in [-0.2, 0) is 4.74 Å². The minimum atomic E-state index is -0.287. The zero-order valence-electron chi connectivity index (χ0n) is 15.4. The fourth-order valence-electron chi connectivity index (χ4n) is 3.32. The Kier molecular flexibility index (Phi) is 7.31. The van der Waals surface area contributed by atoms with Gasteiger partial charge in [0.25, 0.3) is 0 Å². The number of esters is 1. The molecule has 0 amide bonds. The lowest BCUT2D eigenvalue weighted by molar-refractivity contribution is 0.0105.